The van der Waals surface area contributed by atoms with Crippen molar-refractivity contribution in [2.75, 3.05) is 41.3 Å². The van der Waals surface area contributed by atoms with E-state index in [-0.39, 0.29) is 23.1 Å². The highest BCUT2D eigenvalue weighted by Crippen LogP contribution is 2.53. The third-order valence-corrected chi connectivity index (χ3v) is 11.3. The van der Waals surface area contributed by atoms with Crippen LogP contribution < -0.4 is 15.1 Å². The number of benzene rings is 3. The number of anilines is 3. The highest BCUT2D eigenvalue weighted by atomic mass is 19.4. The monoisotopic (exact) mass is 753 g/mol. The molecular weight excluding hydrogens is 712 g/mol. The van der Waals surface area contributed by atoms with E-state index in [0.717, 1.165) is 63.5 Å². The zero-order chi connectivity index (χ0) is 38.2. The molecule has 286 valence electrons. The number of aromatic nitrogens is 2. The summed E-state index contributed by atoms with van der Waals surface area (Å²) >= 11 is 0. The Balaban J connectivity index is 0.000000588. The van der Waals surface area contributed by atoms with Crippen LogP contribution in [0.4, 0.5) is 43.4 Å². The number of aryl methyl sites for hydroxylation is 1. The Hall–Kier alpha value is -5.01. The SMILES string of the molecule is Cc1nnc(C(C=CC[C@@H]2CC3(CCN(c4ccc5c(c4)N4CCC[C@H]4CN5)CC3)c3cc(F)ccc32)Cc2ccc(F)c(F)c2)o1.O=C(O)C(F)(F)F. The third kappa shape index (κ3) is 7.78. The van der Waals surface area contributed by atoms with Crippen molar-refractivity contribution in [2.45, 2.75) is 81.3 Å². The smallest absolute Gasteiger partial charge is 0.475 e. The Morgan fingerprint density at radius 3 is 2.52 bits per heavy atom. The minimum absolute atomic E-state index is 0.0586. The summed E-state index contributed by atoms with van der Waals surface area (Å²) in [5.41, 5.74) is 6.82. The van der Waals surface area contributed by atoms with E-state index in [1.165, 1.54) is 41.5 Å². The predicted molar refractivity (Wildman–Crippen MR) is 191 cm³/mol. The number of alkyl halides is 3. The van der Waals surface area contributed by atoms with Crippen molar-refractivity contribution in [3.8, 4) is 0 Å². The molecular formula is C40H41F6N5O3. The van der Waals surface area contributed by atoms with Crippen LogP contribution in [0.5, 0.6) is 0 Å². The maximum Gasteiger partial charge on any atom is 0.490 e. The number of nitrogens with zero attached hydrogens (tertiary/aromatic N) is 4. The zero-order valence-electron chi connectivity index (χ0n) is 29.7. The van der Waals surface area contributed by atoms with Gasteiger partial charge in [0.15, 0.2) is 11.6 Å². The largest absolute Gasteiger partial charge is 0.490 e. The van der Waals surface area contributed by atoms with E-state index in [9.17, 15) is 26.3 Å². The molecule has 14 heteroatoms. The van der Waals surface area contributed by atoms with Crippen molar-refractivity contribution in [3.05, 3.63) is 113 Å². The summed E-state index contributed by atoms with van der Waals surface area (Å²) in [4.78, 5) is 14.0. The first-order chi connectivity index (χ1) is 25.8. The van der Waals surface area contributed by atoms with Crippen LogP contribution in [-0.2, 0) is 16.6 Å². The van der Waals surface area contributed by atoms with E-state index in [1.807, 2.05) is 12.1 Å². The van der Waals surface area contributed by atoms with Crippen molar-refractivity contribution in [1.82, 2.24) is 10.2 Å². The molecule has 54 heavy (non-hydrogen) atoms. The number of carboxylic acids is 1. The molecule has 0 saturated carbocycles. The van der Waals surface area contributed by atoms with E-state index in [4.69, 9.17) is 14.3 Å². The molecule has 3 aromatic carbocycles. The van der Waals surface area contributed by atoms with Crippen LogP contribution in [0, 0.1) is 24.4 Å². The summed E-state index contributed by atoms with van der Waals surface area (Å²) in [6.45, 7) is 5.75. The van der Waals surface area contributed by atoms with Gasteiger partial charge in [0, 0.05) is 44.8 Å². The quantitative estimate of drug-likeness (QED) is 0.143. The number of carboxylic acid groups (broad SMARTS) is 1. The molecule has 4 aromatic rings. The lowest BCUT2D eigenvalue weighted by Gasteiger charge is -2.42. The first-order valence-electron chi connectivity index (χ1n) is 18.2. The maximum absolute atomic E-state index is 14.7. The van der Waals surface area contributed by atoms with Gasteiger partial charge in [0.2, 0.25) is 11.8 Å². The third-order valence-electron chi connectivity index (χ3n) is 11.3. The number of rotatable bonds is 7. The lowest BCUT2D eigenvalue weighted by atomic mass is 9.73. The fourth-order valence-corrected chi connectivity index (χ4v) is 8.64. The van der Waals surface area contributed by atoms with E-state index in [1.54, 1.807) is 25.1 Å². The van der Waals surface area contributed by atoms with Gasteiger partial charge < -0.3 is 24.6 Å². The molecule has 3 aliphatic heterocycles. The Morgan fingerprint density at radius 2 is 1.81 bits per heavy atom. The van der Waals surface area contributed by atoms with Crippen LogP contribution in [0.25, 0.3) is 0 Å². The Bertz CT molecular complexity index is 2030. The highest BCUT2D eigenvalue weighted by molar-refractivity contribution is 5.78. The Kier molecular flexibility index (Phi) is 10.4. The van der Waals surface area contributed by atoms with Gasteiger partial charge in [-0.25, -0.2) is 18.0 Å². The molecule has 2 saturated heterocycles. The normalized spacial score (nSPS) is 20.6. The summed E-state index contributed by atoms with van der Waals surface area (Å²) < 4.78 is 79.8. The summed E-state index contributed by atoms with van der Waals surface area (Å²) in [5, 5.41) is 19.0. The van der Waals surface area contributed by atoms with Gasteiger partial charge in [-0.05, 0) is 115 Å². The molecule has 1 aromatic heterocycles. The molecule has 3 atom stereocenters. The molecule has 2 N–H and O–H groups in total. The minimum atomic E-state index is -5.08. The number of piperidine rings is 1. The lowest BCUT2D eigenvalue weighted by molar-refractivity contribution is -0.192. The Labute approximate surface area is 308 Å². The second-order valence-electron chi connectivity index (χ2n) is 14.7. The standard InChI is InChI=1S/C38H40F3N5O.C2HF3O2/c1-24-43-44-37(47-24)26(18-25-7-11-33(40)34(41)19-25)4-2-5-27-22-38(32-20-28(39)8-10-31(27)32)13-16-45(17-14-38)29-9-12-35-36(21-29)46-15-3-6-30(46)23-42-35;3-2(4,5)1(6)7/h2,4,7-12,19-21,26-27,30,42H,3,5-6,13-18,22-23H2,1H3;(H,6,7)/t26?,27-,30+;/m1./s1. The molecule has 2 fully saturated rings. The number of halogens is 6. The number of hydrogen-bond acceptors (Lipinski definition) is 7. The first-order valence-corrected chi connectivity index (χ1v) is 18.2. The summed E-state index contributed by atoms with van der Waals surface area (Å²) in [7, 11) is 0. The van der Waals surface area contributed by atoms with Gasteiger partial charge in [0.05, 0.1) is 17.3 Å². The van der Waals surface area contributed by atoms with Crippen LogP contribution in [0.3, 0.4) is 0 Å². The van der Waals surface area contributed by atoms with Crippen LogP contribution in [0.15, 0.2) is 71.2 Å². The molecule has 0 amide bonds. The van der Waals surface area contributed by atoms with Crippen molar-refractivity contribution in [1.29, 1.82) is 0 Å². The van der Waals surface area contributed by atoms with Crippen molar-refractivity contribution < 1.29 is 40.7 Å². The van der Waals surface area contributed by atoms with Crippen LogP contribution >= 0.6 is 0 Å². The number of hydrogen-bond donors (Lipinski definition) is 2. The molecule has 0 radical (unpaired) electrons. The molecule has 0 bridgehead atoms. The highest BCUT2D eigenvalue weighted by Gasteiger charge is 2.45. The number of nitrogens with one attached hydrogen (secondary N) is 1. The molecule has 4 heterocycles. The van der Waals surface area contributed by atoms with Gasteiger partial charge in [0.1, 0.15) is 5.82 Å². The van der Waals surface area contributed by atoms with Gasteiger partial charge >= 0.3 is 12.1 Å². The summed E-state index contributed by atoms with van der Waals surface area (Å²) in [6.07, 6.45) is 5.71. The van der Waals surface area contributed by atoms with Crippen LogP contribution in [0.2, 0.25) is 0 Å². The fourth-order valence-electron chi connectivity index (χ4n) is 8.64. The van der Waals surface area contributed by atoms with Gasteiger partial charge in [-0.15, -0.1) is 10.2 Å². The van der Waals surface area contributed by atoms with Crippen molar-refractivity contribution >= 4 is 23.0 Å². The predicted octanol–water partition coefficient (Wildman–Crippen LogP) is 8.82. The molecule has 1 aliphatic carbocycles. The molecule has 1 unspecified atom stereocenters. The zero-order valence-corrected chi connectivity index (χ0v) is 29.7. The number of allylic oxidation sites excluding steroid dienone is 2. The maximum atomic E-state index is 14.7. The first kappa shape index (κ1) is 37.3. The number of fused-ring (bicyclic) bond motifs is 5. The van der Waals surface area contributed by atoms with Gasteiger partial charge in [-0.2, -0.15) is 13.2 Å². The van der Waals surface area contributed by atoms with E-state index in [0.29, 0.717) is 29.8 Å². The topological polar surface area (TPSA) is 94.7 Å². The summed E-state index contributed by atoms with van der Waals surface area (Å²) in [6, 6.07) is 16.8. The average molecular weight is 754 g/mol. The number of carbonyl (C=O) groups is 1. The fraction of sp³-hybridized carbons (Fsp3) is 0.425. The second-order valence-corrected chi connectivity index (χ2v) is 14.7. The average Bonchev–Trinajstić information content (AvgIpc) is 3.88. The molecule has 1 spiro atoms. The van der Waals surface area contributed by atoms with E-state index in [2.05, 4.69) is 49.6 Å². The number of aliphatic carboxylic acids is 1. The second kappa shape index (κ2) is 15.0. The van der Waals surface area contributed by atoms with Crippen molar-refractivity contribution in [3.63, 3.8) is 0 Å². The lowest BCUT2D eigenvalue weighted by Crippen LogP contribution is -2.42. The van der Waals surface area contributed by atoms with Gasteiger partial charge in [-0.3, -0.25) is 0 Å². The van der Waals surface area contributed by atoms with Gasteiger partial charge in [-0.1, -0.05) is 24.3 Å². The van der Waals surface area contributed by atoms with Gasteiger partial charge in [0.25, 0.3) is 0 Å². The Morgan fingerprint density at radius 1 is 1.04 bits per heavy atom. The molecule has 4 aliphatic rings. The minimum Gasteiger partial charge on any atom is -0.475 e. The van der Waals surface area contributed by atoms with Crippen LogP contribution in [-0.4, -0.2) is 59.7 Å². The van der Waals surface area contributed by atoms with E-state index < -0.39 is 23.8 Å². The van der Waals surface area contributed by atoms with Crippen molar-refractivity contribution in [2.24, 2.45) is 0 Å². The molecule has 8 rings (SSSR count). The van der Waals surface area contributed by atoms with Crippen LogP contribution in [0.1, 0.15) is 78.8 Å². The molecule has 8 nitrogen and oxygen atoms in total. The summed E-state index contributed by atoms with van der Waals surface area (Å²) in [5.74, 6) is -3.81. The van der Waals surface area contributed by atoms with E-state index >= 15 is 0 Å².